The lowest BCUT2D eigenvalue weighted by molar-refractivity contribution is -0.130. The first-order chi connectivity index (χ1) is 10.4. The fourth-order valence-electron chi connectivity index (χ4n) is 3.11. The number of nitrogens with zero attached hydrogens (tertiary/aromatic N) is 1. The molecule has 6 heteroatoms. The Morgan fingerprint density at radius 2 is 2.27 bits per heavy atom. The molecule has 2 aliphatic rings. The first-order valence-corrected chi connectivity index (χ1v) is 7.71. The van der Waals surface area contributed by atoms with E-state index in [1.54, 1.807) is 37.1 Å². The van der Waals surface area contributed by atoms with E-state index in [2.05, 4.69) is 0 Å². The summed E-state index contributed by atoms with van der Waals surface area (Å²) in [7, 11) is 1.56. The van der Waals surface area contributed by atoms with Crippen LogP contribution in [0.25, 0.3) is 0 Å². The number of ketones is 1. The summed E-state index contributed by atoms with van der Waals surface area (Å²) in [6.07, 6.45) is 0.910. The summed E-state index contributed by atoms with van der Waals surface area (Å²) in [6, 6.07) is 5.22. The summed E-state index contributed by atoms with van der Waals surface area (Å²) < 4.78 is 11.2. The molecule has 0 bridgehead atoms. The second-order valence-electron chi connectivity index (χ2n) is 5.87. The summed E-state index contributed by atoms with van der Waals surface area (Å²) in [5, 5.41) is -0.564. The van der Waals surface area contributed by atoms with E-state index >= 15 is 0 Å². The lowest BCUT2D eigenvalue weighted by atomic mass is 9.89. The van der Waals surface area contributed by atoms with Crippen molar-refractivity contribution in [3.05, 3.63) is 23.8 Å². The standard InChI is InChI=1S/C16H18ClNO4/c1-10(17)15(20)18-6-5-16(9-18)8-13(19)12-7-11(21-2)3-4-14(12)22-16/h3-4,7,10H,5-6,8-9H2,1-2H3. The minimum Gasteiger partial charge on any atom is -0.497 e. The zero-order chi connectivity index (χ0) is 15.9. The fraction of sp³-hybridized carbons (Fsp3) is 0.500. The van der Waals surface area contributed by atoms with Gasteiger partial charge in [0.15, 0.2) is 5.78 Å². The molecule has 0 saturated carbocycles. The second-order valence-corrected chi connectivity index (χ2v) is 6.53. The third kappa shape index (κ3) is 2.54. The van der Waals surface area contributed by atoms with Crippen LogP contribution < -0.4 is 9.47 Å². The third-order valence-corrected chi connectivity index (χ3v) is 4.45. The smallest absolute Gasteiger partial charge is 0.240 e. The highest BCUT2D eigenvalue weighted by Crippen LogP contribution is 2.40. The Labute approximate surface area is 134 Å². The van der Waals surface area contributed by atoms with Crippen LogP contribution >= 0.6 is 11.6 Å². The maximum Gasteiger partial charge on any atom is 0.240 e. The maximum atomic E-state index is 12.5. The molecule has 22 heavy (non-hydrogen) atoms. The van der Waals surface area contributed by atoms with Crippen molar-refractivity contribution in [3.8, 4) is 11.5 Å². The van der Waals surface area contributed by atoms with Crippen LogP contribution in [-0.4, -0.2) is 47.8 Å². The van der Waals surface area contributed by atoms with Gasteiger partial charge in [0.1, 0.15) is 22.5 Å². The van der Waals surface area contributed by atoms with Crippen molar-refractivity contribution >= 4 is 23.3 Å². The number of amides is 1. The van der Waals surface area contributed by atoms with Crippen molar-refractivity contribution in [3.63, 3.8) is 0 Å². The van der Waals surface area contributed by atoms with E-state index < -0.39 is 11.0 Å². The van der Waals surface area contributed by atoms with Gasteiger partial charge in [0.2, 0.25) is 5.91 Å². The number of likely N-dealkylation sites (tertiary alicyclic amines) is 1. The number of methoxy groups -OCH3 is 1. The topological polar surface area (TPSA) is 55.8 Å². The first kappa shape index (κ1) is 15.2. The molecule has 0 aliphatic carbocycles. The minimum atomic E-state index is -0.625. The van der Waals surface area contributed by atoms with Gasteiger partial charge in [0.25, 0.3) is 0 Å². The Hall–Kier alpha value is -1.75. The number of hydrogen-bond acceptors (Lipinski definition) is 4. The highest BCUT2D eigenvalue weighted by Gasteiger charge is 2.47. The van der Waals surface area contributed by atoms with Crippen molar-refractivity contribution in [2.75, 3.05) is 20.2 Å². The molecule has 2 heterocycles. The van der Waals surface area contributed by atoms with Crippen LogP contribution in [0, 0.1) is 0 Å². The van der Waals surface area contributed by atoms with Gasteiger partial charge in [-0.1, -0.05) is 0 Å². The molecule has 1 fully saturated rings. The van der Waals surface area contributed by atoms with Gasteiger partial charge in [-0.05, 0) is 25.1 Å². The molecule has 0 N–H and O–H groups in total. The molecule has 1 spiro atoms. The van der Waals surface area contributed by atoms with E-state index in [0.717, 1.165) is 0 Å². The van der Waals surface area contributed by atoms with Gasteiger partial charge in [-0.2, -0.15) is 0 Å². The second kappa shape index (κ2) is 5.47. The number of carbonyl (C=O) groups excluding carboxylic acids is 2. The molecule has 5 nitrogen and oxygen atoms in total. The molecule has 2 atom stereocenters. The predicted octanol–water partition coefficient (Wildman–Crippen LogP) is 2.26. The highest BCUT2D eigenvalue weighted by molar-refractivity contribution is 6.30. The van der Waals surface area contributed by atoms with E-state index in [1.165, 1.54) is 0 Å². The lowest BCUT2D eigenvalue weighted by Gasteiger charge is -2.34. The number of rotatable bonds is 2. The highest BCUT2D eigenvalue weighted by atomic mass is 35.5. The van der Waals surface area contributed by atoms with Gasteiger partial charge in [-0.25, -0.2) is 0 Å². The number of benzene rings is 1. The zero-order valence-corrected chi connectivity index (χ0v) is 13.4. The molecule has 0 radical (unpaired) electrons. The monoisotopic (exact) mass is 323 g/mol. The molecule has 3 rings (SSSR count). The number of hydrogen-bond donors (Lipinski definition) is 0. The summed E-state index contributed by atoms with van der Waals surface area (Å²) >= 11 is 5.87. The Bertz CT molecular complexity index is 631. The Balaban J connectivity index is 1.84. The van der Waals surface area contributed by atoms with E-state index in [0.29, 0.717) is 36.6 Å². The summed E-state index contributed by atoms with van der Waals surface area (Å²) in [4.78, 5) is 26.2. The molecule has 2 unspecified atom stereocenters. The summed E-state index contributed by atoms with van der Waals surface area (Å²) in [6.45, 7) is 2.62. The van der Waals surface area contributed by atoms with E-state index in [4.69, 9.17) is 21.1 Å². The van der Waals surface area contributed by atoms with Crippen LogP contribution in [0.4, 0.5) is 0 Å². The molecule has 1 amide bonds. The minimum absolute atomic E-state index is 0.0216. The average Bonchev–Trinajstić information content (AvgIpc) is 2.89. The van der Waals surface area contributed by atoms with Crippen LogP contribution in [0.2, 0.25) is 0 Å². The lowest BCUT2D eigenvalue weighted by Crippen LogP contribution is -2.46. The van der Waals surface area contributed by atoms with Crippen molar-refractivity contribution in [1.29, 1.82) is 0 Å². The Morgan fingerprint density at radius 3 is 2.95 bits per heavy atom. The largest absolute Gasteiger partial charge is 0.497 e. The zero-order valence-electron chi connectivity index (χ0n) is 12.6. The van der Waals surface area contributed by atoms with E-state index in [9.17, 15) is 9.59 Å². The SMILES string of the molecule is COc1ccc2c(c1)C(=O)CC1(CCN(C(=O)C(C)Cl)C1)O2. The first-order valence-electron chi connectivity index (χ1n) is 7.27. The van der Waals surface area contributed by atoms with Gasteiger partial charge < -0.3 is 14.4 Å². The van der Waals surface area contributed by atoms with Gasteiger partial charge in [0.05, 0.1) is 25.6 Å². The van der Waals surface area contributed by atoms with Crippen molar-refractivity contribution in [2.45, 2.75) is 30.7 Å². The van der Waals surface area contributed by atoms with Gasteiger partial charge >= 0.3 is 0 Å². The van der Waals surface area contributed by atoms with E-state index in [-0.39, 0.29) is 18.1 Å². The number of alkyl halides is 1. The molecule has 118 valence electrons. The number of fused-ring (bicyclic) bond motifs is 1. The quantitative estimate of drug-likeness (QED) is 0.783. The van der Waals surface area contributed by atoms with Crippen molar-refractivity contribution < 1.29 is 19.1 Å². The number of halogens is 1. The van der Waals surface area contributed by atoms with E-state index in [1.807, 2.05) is 0 Å². The van der Waals surface area contributed by atoms with Crippen LogP contribution in [0.1, 0.15) is 30.1 Å². The van der Waals surface area contributed by atoms with Gasteiger partial charge in [0, 0.05) is 13.0 Å². The summed E-state index contributed by atoms with van der Waals surface area (Å²) in [5.74, 6) is 1.10. The predicted molar refractivity (Wildman–Crippen MR) is 81.8 cm³/mol. The Morgan fingerprint density at radius 1 is 1.50 bits per heavy atom. The average molecular weight is 324 g/mol. The normalized spacial score (nSPS) is 24.9. The molecule has 2 aliphatic heterocycles. The van der Waals surface area contributed by atoms with Crippen molar-refractivity contribution in [1.82, 2.24) is 4.90 Å². The van der Waals surface area contributed by atoms with Crippen LogP contribution in [0.15, 0.2) is 18.2 Å². The molecular formula is C16H18ClNO4. The molecular weight excluding hydrogens is 306 g/mol. The van der Waals surface area contributed by atoms with Gasteiger partial charge in [-0.15, -0.1) is 11.6 Å². The molecule has 1 saturated heterocycles. The third-order valence-electron chi connectivity index (χ3n) is 4.26. The Kier molecular flexibility index (Phi) is 3.77. The molecule has 0 aromatic heterocycles. The maximum absolute atomic E-state index is 12.5. The summed E-state index contributed by atoms with van der Waals surface area (Å²) in [5.41, 5.74) is -0.0828. The molecule has 1 aromatic rings. The van der Waals surface area contributed by atoms with Crippen molar-refractivity contribution in [2.24, 2.45) is 0 Å². The number of ether oxygens (including phenoxy) is 2. The van der Waals surface area contributed by atoms with Crippen LogP contribution in [-0.2, 0) is 4.79 Å². The van der Waals surface area contributed by atoms with Crippen LogP contribution in [0.3, 0.4) is 0 Å². The van der Waals surface area contributed by atoms with Gasteiger partial charge in [-0.3, -0.25) is 9.59 Å². The van der Waals surface area contributed by atoms with Crippen LogP contribution in [0.5, 0.6) is 11.5 Å². The number of carbonyl (C=O) groups is 2. The fourth-order valence-corrected chi connectivity index (χ4v) is 3.25. The molecule has 1 aromatic carbocycles. The number of Topliss-reactive ketones (excluding diaryl/α,β-unsaturated/α-hetero) is 1.